The van der Waals surface area contributed by atoms with Crippen LogP contribution in [0.1, 0.15) is 46.0 Å². The normalized spacial score (nSPS) is 27.9. The highest BCUT2D eigenvalue weighted by Crippen LogP contribution is 2.37. The molecule has 106 valence electrons. The molecule has 0 saturated heterocycles. The van der Waals surface area contributed by atoms with E-state index in [1.165, 1.54) is 7.11 Å². The molecule has 0 spiro atoms. The molecule has 4 nitrogen and oxygen atoms in total. The maximum Gasteiger partial charge on any atom is 0.326 e. The van der Waals surface area contributed by atoms with Gasteiger partial charge in [-0.3, -0.25) is 4.79 Å². The minimum Gasteiger partial charge on any atom is -0.468 e. The van der Waals surface area contributed by atoms with E-state index in [9.17, 15) is 4.79 Å². The van der Waals surface area contributed by atoms with Crippen LogP contribution >= 0.6 is 0 Å². The molecule has 18 heavy (non-hydrogen) atoms. The summed E-state index contributed by atoms with van der Waals surface area (Å²) in [6, 6.07) is 0. The van der Waals surface area contributed by atoms with Gasteiger partial charge in [-0.05, 0) is 49.9 Å². The monoisotopic (exact) mass is 257 g/mol. The summed E-state index contributed by atoms with van der Waals surface area (Å²) < 4.78 is 4.91. The van der Waals surface area contributed by atoms with Crippen molar-refractivity contribution in [3.8, 4) is 0 Å². The number of rotatable bonds is 5. The Hall–Kier alpha value is -0.610. The van der Waals surface area contributed by atoms with Crippen LogP contribution in [-0.4, -0.2) is 30.3 Å². The smallest absolute Gasteiger partial charge is 0.326 e. The van der Waals surface area contributed by atoms with E-state index in [2.05, 4.69) is 13.8 Å². The lowest BCUT2D eigenvalue weighted by Crippen LogP contribution is -2.56. The summed E-state index contributed by atoms with van der Waals surface area (Å²) in [4.78, 5) is 12.0. The Morgan fingerprint density at radius 1 is 1.39 bits per heavy atom. The fourth-order valence-corrected chi connectivity index (χ4v) is 3.14. The second-order valence-electron chi connectivity index (χ2n) is 6.03. The standard InChI is InChI=1S/C14H27NO3/c1-10(2)8-14(15,13(17)18-3)12-6-4-11(9-16)5-7-12/h10-12,16H,4-9,15H2,1-3H3. The average Bonchev–Trinajstić information content (AvgIpc) is 2.36. The first-order valence-electron chi connectivity index (χ1n) is 6.92. The molecule has 1 aliphatic rings. The first kappa shape index (κ1) is 15.4. The molecule has 0 radical (unpaired) electrons. The number of ether oxygens (including phenoxy) is 1. The number of hydrogen-bond donors (Lipinski definition) is 2. The van der Waals surface area contributed by atoms with Gasteiger partial charge in [0.2, 0.25) is 0 Å². The largest absolute Gasteiger partial charge is 0.468 e. The van der Waals surface area contributed by atoms with Gasteiger partial charge in [-0.1, -0.05) is 13.8 Å². The van der Waals surface area contributed by atoms with Crippen LogP contribution in [0.25, 0.3) is 0 Å². The molecule has 1 unspecified atom stereocenters. The van der Waals surface area contributed by atoms with Crippen molar-refractivity contribution in [2.75, 3.05) is 13.7 Å². The Bertz CT molecular complexity index is 272. The third kappa shape index (κ3) is 3.45. The van der Waals surface area contributed by atoms with Crippen molar-refractivity contribution in [1.29, 1.82) is 0 Å². The summed E-state index contributed by atoms with van der Waals surface area (Å²) in [5.41, 5.74) is 5.52. The van der Waals surface area contributed by atoms with E-state index in [-0.39, 0.29) is 18.5 Å². The zero-order chi connectivity index (χ0) is 13.8. The molecular weight excluding hydrogens is 230 g/mol. The van der Waals surface area contributed by atoms with Gasteiger partial charge >= 0.3 is 5.97 Å². The van der Waals surface area contributed by atoms with Crippen LogP contribution < -0.4 is 5.73 Å². The van der Waals surface area contributed by atoms with E-state index in [4.69, 9.17) is 15.6 Å². The second-order valence-corrected chi connectivity index (χ2v) is 6.03. The highest BCUT2D eigenvalue weighted by atomic mass is 16.5. The van der Waals surface area contributed by atoms with E-state index in [0.29, 0.717) is 18.3 Å². The highest BCUT2D eigenvalue weighted by molar-refractivity contribution is 5.81. The van der Waals surface area contributed by atoms with Gasteiger partial charge in [0.15, 0.2) is 0 Å². The van der Waals surface area contributed by atoms with Gasteiger partial charge in [0.05, 0.1) is 7.11 Å². The van der Waals surface area contributed by atoms with Gasteiger partial charge in [-0.2, -0.15) is 0 Å². The van der Waals surface area contributed by atoms with Crippen molar-refractivity contribution >= 4 is 5.97 Å². The van der Waals surface area contributed by atoms with Crippen LogP contribution in [0.5, 0.6) is 0 Å². The van der Waals surface area contributed by atoms with Gasteiger partial charge in [-0.25, -0.2) is 0 Å². The number of nitrogens with two attached hydrogens (primary N) is 1. The molecule has 0 heterocycles. The Labute approximate surface area is 110 Å². The van der Waals surface area contributed by atoms with Crippen molar-refractivity contribution in [2.45, 2.75) is 51.5 Å². The molecule has 0 aromatic heterocycles. The van der Waals surface area contributed by atoms with Crippen LogP contribution in [0.15, 0.2) is 0 Å². The van der Waals surface area contributed by atoms with Crippen LogP contribution in [0.2, 0.25) is 0 Å². The van der Waals surface area contributed by atoms with Crippen molar-refractivity contribution in [2.24, 2.45) is 23.5 Å². The van der Waals surface area contributed by atoms with Gasteiger partial charge in [0.1, 0.15) is 5.54 Å². The molecule has 0 aromatic carbocycles. The quantitative estimate of drug-likeness (QED) is 0.735. The Morgan fingerprint density at radius 2 is 1.94 bits per heavy atom. The highest BCUT2D eigenvalue weighted by Gasteiger charge is 2.44. The number of methoxy groups -OCH3 is 1. The molecule has 0 aliphatic heterocycles. The molecule has 0 amide bonds. The van der Waals surface area contributed by atoms with Crippen molar-refractivity contribution in [1.82, 2.24) is 0 Å². The predicted molar refractivity (Wildman–Crippen MR) is 70.9 cm³/mol. The molecule has 1 rings (SSSR count). The lowest BCUT2D eigenvalue weighted by molar-refractivity contribution is -0.151. The fraction of sp³-hybridized carbons (Fsp3) is 0.929. The van der Waals surface area contributed by atoms with E-state index in [0.717, 1.165) is 25.7 Å². The van der Waals surface area contributed by atoms with Crippen molar-refractivity contribution in [3.63, 3.8) is 0 Å². The van der Waals surface area contributed by atoms with Crippen LogP contribution in [-0.2, 0) is 9.53 Å². The fourth-order valence-electron chi connectivity index (χ4n) is 3.14. The number of esters is 1. The SMILES string of the molecule is COC(=O)C(N)(CC(C)C)C1CCC(CO)CC1. The average molecular weight is 257 g/mol. The molecule has 0 bridgehead atoms. The third-order valence-electron chi connectivity index (χ3n) is 4.14. The summed E-state index contributed by atoms with van der Waals surface area (Å²) >= 11 is 0. The topological polar surface area (TPSA) is 72.5 Å². The maximum absolute atomic E-state index is 12.0. The number of carbonyl (C=O) groups excluding carboxylic acids is 1. The molecule has 1 fully saturated rings. The summed E-state index contributed by atoms with van der Waals surface area (Å²) in [5.74, 6) is 0.630. The summed E-state index contributed by atoms with van der Waals surface area (Å²) in [6.07, 6.45) is 4.38. The van der Waals surface area contributed by atoms with Gasteiger partial charge < -0.3 is 15.6 Å². The lowest BCUT2D eigenvalue weighted by atomic mass is 9.69. The summed E-state index contributed by atoms with van der Waals surface area (Å²) in [5, 5.41) is 9.16. The molecule has 0 aromatic rings. The van der Waals surface area contributed by atoms with E-state index in [1.54, 1.807) is 0 Å². The van der Waals surface area contributed by atoms with Gasteiger partial charge in [-0.15, -0.1) is 0 Å². The van der Waals surface area contributed by atoms with Crippen LogP contribution in [0.4, 0.5) is 0 Å². The first-order valence-corrected chi connectivity index (χ1v) is 6.92. The zero-order valence-electron chi connectivity index (χ0n) is 11.8. The second kappa shape index (κ2) is 6.53. The molecule has 1 atom stereocenters. The zero-order valence-corrected chi connectivity index (χ0v) is 11.8. The van der Waals surface area contributed by atoms with E-state index < -0.39 is 5.54 Å². The summed E-state index contributed by atoms with van der Waals surface area (Å²) in [7, 11) is 1.41. The molecular formula is C14H27NO3. The lowest BCUT2D eigenvalue weighted by Gasteiger charge is -2.40. The molecule has 1 saturated carbocycles. The van der Waals surface area contributed by atoms with E-state index >= 15 is 0 Å². The number of aliphatic hydroxyl groups excluding tert-OH is 1. The number of aliphatic hydroxyl groups is 1. The number of hydrogen-bond acceptors (Lipinski definition) is 4. The Balaban J connectivity index is 2.75. The molecule has 1 aliphatic carbocycles. The third-order valence-corrected chi connectivity index (χ3v) is 4.14. The predicted octanol–water partition coefficient (Wildman–Crippen LogP) is 1.70. The van der Waals surface area contributed by atoms with Crippen LogP contribution in [0, 0.1) is 17.8 Å². The molecule has 3 N–H and O–H groups in total. The summed E-state index contributed by atoms with van der Waals surface area (Å²) in [6.45, 7) is 4.39. The van der Waals surface area contributed by atoms with Crippen LogP contribution in [0.3, 0.4) is 0 Å². The Kier molecular flexibility index (Phi) is 5.60. The number of carbonyl (C=O) groups is 1. The van der Waals surface area contributed by atoms with Crippen molar-refractivity contribution in [3.05, 3.63) is 0 Å². The van der Waals surface area contributed by atoms with Gasteiger partial charge in [0.25, 0.3) is 0 Å². The maximum atomic E-state index is 12.0. The minimum absolute atomic E-state index is 0.176. The minimum atomic E-state index is -0.858. The molecule has 4 heteroatoms. The first-order chi connectivity index (χ1) is 8.43. The van der Waals surface area contributed by atoms with Gasteiger partial charge in [0, 0.05) is 6.61 Å². The van der Waals surface area contributed by atoms with E-state index in [1.807, 2.05) is 0 Å². The Morgan fingerprint density at radius 3 is 2.33 bits per heavy atom. The van der Waals surface area contributed by atoms with Crippen molar-refractivity contribution < 1.29 is 14.6 Å².